The van der Waals surface area contributed by atoms with Crippen LogP contribution in [-0.4, -0.2) is 39.4 Å². The molecular weight excluding hydrogens is 452 g/mol. The Labute approximate surface area is 211 Å². The third kappa shape index (κ3) is 6.50. The van der Waals surface area contributed by atoms with Gasteiger partial charge in [-0.25, -0.2) is 0 Å². The second-order valence-corrected chi connectivity index (χ2v) is 8.81. The quantitative estimate of drug-likeness (QED) is 0.330. The van der Waals surface area contributed by atoms with Gasteiger partial charge >= 0.3 is 0 Å². The highest BCUT2D eigenvalue weighted by Crippen LogP contribution is 2.16. The average molecular weight is 485 g/mol. The number of hydrogen-bond acceptors (Lipinski definition) is 4. The zero-order chi connectivity index (χ0) is 25.3. The van der Waals surface area contributed by atoms with E-state index < -0.39 is 0 Å². The van der Waals surface area contributed by atoms with Crippen LogP contribution in [0.4, 0.5) is 0 Å². The smallest absolute Gasteiger partial charge is 0.287 e. The zero-order valence-corrected chi connectivity index (χ0v) is 20.8. The second-order valence-electron chi connectivity index (χ2n) is 8.81. The van der Waals surface area contributed by atoms with Crippen LogP contribution in [0, 0.1) is 6.92 Å². The molecule has 0 saturated carbocycles. The summed E-state index contributed by atoms with van der Waals surface area (Å²) in [5.41, 5.74) is 3.75. The number of carbonyl (C=O) groups excluding carboxylic acids is 2. The van der Waals surface area contributed by atoms with Crippen molar-refractivity contribution in [3.63, 3.8) is 0 Å². The lowest BCUT2D eigenvalue weighted by molar-refractivity contribution is 0.0739. The van der Waals surface area contributed by atoms with Crippen molar-refractivity contribution >= 4 is 11.8 Å². The monoisotopic (exact) mass is 484 g/mol. The van der Waals surface area contributed by atoms with E-state index in [-0.39, 0.29) is 17.6 Å². The fraction of sp³-hybridized carbons (Fsp3) is 0.276. The Balaban J connectivity index is 1.37. The van der Waals surface area contributed by atoms with Gasteiger partial charge < -0.3 is 19.2 Å². The van der Waals surface area contributed by atoms with Gasteiger partial charge in [0.05, 0.1) is 13.1 Å². The highest BCUT2D eigenvalue weighted by molar-refractivity contribution is 5.94. The summed E-state index contributed by atoms with van der Waals surface area (Å²) >= 11 is 0. The molecule has 0 spiro atoms. The van der Waals surface area contributed by atoms with Crippen LogP contribution in [0.3, 0.4) is 0 Å². The standard InChI is InChI=1S/C29H32N4O3/c1-3-18-33(29(35)23-11-9-22(2)10-12-23)20-25-8-6-19-32(25)21-26-13-14-27(36-26)28(34)31-17-15-24-7-4-5-16-30-24/h4-14,16,19H,3,15,17-18,20-21H2,1-2H3,(H,31,34). The molecule has 0 radical (unpaired) electrons. The van der Waals surface area contributed by atoms with Crippen molar-refractivity contribution in [3.8, 4) is 0 Å². The first-order chi connectivity index (χ1) is 17.5. The molecule has 7 heteroatoms. The van der Waals surface area contributed by atoms with Gasteiger partial charge in [-0.3, -0.25) is 14.6 Å². The fourth-order valence-electron chi connectivity index (χ4n) is 4.03. The van der Waals surface area contributed by atoms with Gasteiger partial charge in [0, 0.05) is 48.9 Å². The van der Waals surface area contributed by atoms with Gasteiger partial charge in [0.1, 0.15) is 5.76 Å². The van der Waals surface area contributed by atoms with E-state index in [0.29, 0.717) is 43.9 Å². The number of benzene rings is 1. The lowest BCUT2D eigenvalue weighted by atomic mass is 10.1. The van der Waals surface area contributed by atoms with Crippen LogP contribution in [0.2, 0.25) is 0 Å². The van der Waals surface area contributed by atoms with Gasteiger partial charge in [0.2, 0.25) is 0 Å². The lowest BCUT2D eigenvalue weighted by Gasteiger charge is -2.23. The number of aryl methyl sites for hydroxylation is 1. The minimum atomic E-state index is -0.247. The number of aromatic nitrogens is 2. The normalized spacial score (nSPS) is 10.8. The van der Waals surface area contributed by atoms with Crippen molar-refractivity contribution in [2.45, 2.75) is 39.8 Å². The number of rotatable bonds is 11. The van der Waals surface area contributed by atoms with Crippen molar-refractivity contribution in [1.29, 1.82) is 0 Å². The number of carbonyl (C=O) groups is 2. The van der Waals surface area contributed by atoms with E-state index in [0.717, 1.165) is 23.4 Å². The van der Waals surface area contributed by atoms with Crippen LogP contribution in [0.15, 0.2) is 83.5 Å². The van der Waals surface area contributed by atoms with E-state index in [1.807, 2.05) is 83.3 Å². The summed E-state index contributed by atoms with van der Waals surface area (Å²) in [6.45, 7) is 6.20. The molecule has 4 rings (SSSR count). The number of hydrogen-bond donors (Lipinski definition) is 1. The molecule has 1 aromatic carbocycles. The first kappa shape index (κ1) is 25.0. The molecule has 0 aliphatic heterocycles. The zero-order valence-electron chi connectivity index (χ0n) is 20.8. The van der Waals surface area contributed by atoms with Crippen LogP contribution in [-0.2, 0) is 19.5 Å². The maximum Gasteiger partial charge on any atom is 0.287 e. The molecule has 186 valence electrons. The molecule has 0 fully saturated rings. The molecule has 3 heterocycles. The topological polar surface area (TPSA) is 80.4 Å². The predicted octanol–water partition coefficient (Wildman–Crippen LogP) is 4.86. The van der Waals surface area contributed by atoms with Gasteiger partial charge in [-0.05, 0) is 61.9 Å². The van der Waals surface area contributed by atoms with Gasteiger partial charge in [-0.15, -0.1) is 0 Å². The minimum Gasteiger partial charge on any atom is -0.454 e. The first-order valence-electron chi connectivity index (χ1n) is 12.3. The van der Waals surface area contributed by atoms with Crippen molar-refractivity contribution in [3.05, 3.63) is 113 Å². The molecule has 0 aliphatic rings. The number of nitrogens with zero attached hydrogens (tertiary/aromatic N) is 3. The van der Waals surface area contributed by atoms with Crippen LogP contribution < -0.4 is 5.32 Å². The predicted molar refractivity (Wildman–Crippen MR) is 139 cm³/mol. The molecule has 2 amide bonds. The van der Waals surface area contributed by atoms with E-state index in [1.54, 1.807) is 12.3 Å². The molecule has 7 nitrogen and oxygen atoms in total. The van der Waals surface area contributed by atoms with Crippen LogP contribution in [0.1, 0.15) is 57.0 Å². The fourth-order valence-corrected chi connectivity index (χ4v) is 4.03. The Morgan fingerprint density at radius 1 is 1.03 bits per heavy atom. The van der Waals surface area contributed by atoms with Crippen molar-refractivity contribution in [1.82, 2.24) is 19.8 Å². The molecular formula is C29H32N4O3. The minimum absolute atomic E-state index is 0.0206. The maximum atomic E-state index is 13.1. The number of amides is 2. The van der Waals surface area contributed by atoms with Crippen LogP contribution in [0.5, 0.6) is 0 Å². The molecule has 36 heavy (non-hydrogen) atoms. The summed E-state index contributed by atoms with van der Waals surface area (Å²) in [6, 6.07) is 20.9. The molecule has 1 N–H and O–H groups in total. The van der Waals surface area contributed by atoms with Crippen LogP contribution >= 0.6 is 0 Å². The van der Waals surface area contributed by atoms with Gasteiger partial charge in [-0.1, -0.05) is 30.7 Å². The Bertz CT molecular complexity index is 1280. The van der Waals surface area contributed by atoms with Crippen molar-refractivity contribution in [2.24, 2.45) is 0 Å². The van der Waals surface area contributed by atoms with Crippen LogP contribution in [0.25, 0.3) is 0 Å². The van der Waals surface area contributed by atoms with E-state index in [2.05, 4.69) is 17.2 Å². The molecule has 0 saturated heterocycles. The number of nitrogens with one attached hydrogen (secondary N) is 1. The average Bonchev–Trinajstić information content (AvgIpc) is 3.54. The summed E-state index contributed by atoms with van der Waals surface area (Å²) in [5, 5.41) is 2.88. The van der Waals surface area contributed by atoms with Gasteiger partial charge in [0.25, 0.3) is 11.8 Å². The van der Waals surface area contributed by atoms with E-state index >= 15 is 0 Å². The third-order valence-electron chi connectivity index (χ3n) is 5.96. The highest BCUT2D eigenvalue weighted by Gasteiger charge is 2.18. The largest absolute Gasteiger partial charge is 0.454 e. The Hall–Kier alpha value is -4.13. The lowest BCUT2D eigenvalue weighted by Crippen LogP contribution is -2.32. The third-order valence-corrected chi connectivity index (χ3v) is 5.96. The van der Waals surface area contributed by atoms with E-state index in [9.17, 15) is 9.59 Å². The molecule has 3 aromatic heterocycles. The van der Waals surface area contributed by atoms with Crippen molar-refractivity contribution in [2.75, 3.05) is 13.1 Å². The number of pyridine rings is 1. The second kappa shape index (κ2) is 12.0. The molecule has 0 bridgehead atoms. The Morgan fingerprint density at radius 3 is 2.61 bits per heavy atom. The molecule has 0 atom stereocenters. The summed E-state index contributed by atoms with van der Waals surface area (Å²) in [5.74, 6) is 0.728. The van der Waals surface area contributed by atoms with E-state index in [1.165, 1.54) is 0 Å². The summed E-state index contributed by atoms with van der Waals surface area (Å²) in [6.07, 6.45) is 5.23. The molecule has 0 aliphatic carbocycles. The van der Waals surface area contributed by atoms with Gasteiger partial charge in [0.15, 0.2) is 5.76 Å². The summed E-state index contributed by atoms with van der Waals surface area (Å²) < 4.78 is 7.88. The Morgan fingerprint density at radius 2 is 1.86 bits per heavy atom. The number of furan rings is 1. The highest BCUT2D eigenvalue weighted by atomic mass is 16.4. The molecule has 4 aromatic rings. The Kier molecular flexibility index (Phi) is 8.34. The van der Waals surface area contributed by atoms with Crippen molar-refractivity contribution < 1.29 is 14.0 Å². The molecule has 0 unspecified atom stereocenters. The van der Waals surface area contributed by atoms with E-state index in [4.69, 9.17) is 4.42 Å². The first-order valence-corrected chi connectivity index (χ1v) is 12.3. The SMILES string of the molecule is CCCN(Cc1cccn1Cc1ccc(C(=O)NCCc2ccccn2)o1)C(=O)c1ccc(C)cc1. The maximum absolute atomic E-state index is 13.1. The summed E-state index contributed by atoms with van der Waals surface area (Å²) in [4.78, 5) is 31.8. The summed E-state index contributed by atoms with van der Waals surface area (Å²) in [7, 11) is 0. The van der Waals surface area contributed by atoms with Gasteiger partial charge in [-0.2, -0.15) is 0 Å².